The summed E-state index contributed by atoms with van der Waals surface area (Å²) in [5, 5.41) is 5.65. The van der Waals surface area contributed by atoms with Crippen LogP contribution < -0.4 is 5.32 Å². The Morgan fingerprint density at radius 2 is 1.95 bits per heavy atom. The van der Waals surface area contributed by atoms with Gasteiger partial charge in [0.25, 0.3) is 5.91 Å². The molecule has 0 spiro atoms. The lowest BCUT2D eigenvalue weighted by molar-refractivity contribution is -0.123. The predicted molar refractivity (Wildman–Crippen MR) is 158 cm³/mol. The van der Waals surface area contributed by atoms with Crippen LogP contribution in [-0.4, -0.2) is 46.8 Å². The molecule has 0 unspecified atom stereocenters. The summed E-state index contributed by atoms with van der Waals surface area (Å²) in [5.74, 6) is -0.678. The number of aryl methyl sites for hydroxylation is 1. The molecule has 0 atom stereocenters. The van der Waals surface area contributed by atoms with Gasteiger partial charge >= 0.3 is 5.97 Å². The van der Waals surface area contributed by atoms with Gasteiger partial charge in [-0.25, -0.2) is 9.79 Å². The number of ether oxygens (including phenoxy) is 1. The molecule has 0 bridgehead atoms. The maximum Gasteiger partial charge on any atom is 0.341 e. The van der Waals surface area contributed by atoms with Crippen molar-refractivity contribution in [2.24, 2.45) is 10.9 Å². The monoisotopic (exact) mass is 567 g/mol. The van der Waals surface area contributed by atoms with E-state index >= 15 is 0 Å². The first-order valence-corrected chi connectivity index (χ1v) is 14.9. The molecule has 1 aliphatic rings. The predicted octanol–water partition coefficient (Wildman–Crippen LogP) is 6.53. The maximum absolute atomic E-state index is 13.1. The fraction of sp³-hybridized carbons (Fsp3) is 0.286. The molecule has 38 heavy (non-hydrogen) atoms. The zero-order valence-electron chi connectivity index (χ0n) is 21.6. The fourth-order valence-electron chi connectivity index (χ4n) is 3.81. The molecule has 4 rings (SSSR count). The first kappa shape index (κ1) is 27.8. The number of thioether (sulfide) groups is 1. The van der Waals surface area contributed by atoms with Gasteiger partial charge in [0.2, 0.25) is 5.91 Å². The second kappa shape index (κ2) is 12.6. The summed E-state index contributed by atoms with van der Waals surface area (Å²) in [6.07, 6.45) is 1.79. The van der Waals surface area contributed by atoms with Gasteiger partial charge in [-0.1, -0.05) is 55.9 Å². The van der Waals surface area contributed by atoms with Crippen LogP contribution in [-0.2, 0) is 14.3 Å². The Bertz CT molecular complexity index is 1390. The van der Waals surface area contributed by atoms with Gasteiger partial charge < -0.3 is 10.1 Å². The maximum atomic E-state index is 13.1. The minimum Gasteiger partial charge on any atom is -0.462 e. The smallest absolute Gasteiger partial charge is 0.341 e. The van der Waals surface area contributed by atoms with Crippen molar-refractivity contribution in [3.8, 4) is 11.1 Å². The molecule has 0 fully saturated rings. The number of hydrogen-bond acceptors (Lipinski definition) is 8. The lowest BCUT2D eigenvalue weighted by atomic mass is 10.0. The van der Waals surface area contributed by atoms with Crippen LogP contribution in [0, 0.1) is 12.8 Å². The molecule has 1 aromatic carbocycles. The average Bonchev–Trinajstić information content (AvgIpc) is 3.57. The van der Waals surface area contributed by atoms with Crippen molar-refractivity contribution in [2.75, 3.05) is 24.2 Å². The van der Waals surface area contributed by atoms with Crippen molar-refractivity contribution in [3.05, 3.63) is 68.9 Å². The minimum absolute atomic E-state index is 0.0347. The van der Waals surface area contributed by atoms with Gasteiger partial charge in [-0.05, 0) is 43.5 Å². The number of hydrogen-bond donors (Lipinski definition) is 1. The first-order valence-electron chi connectivity index (χ1n) is 12.2. The summed E-state index contributed by atoms with van der Waals surface area (Å²) < 4.78 is 5.28. The standard InChI is InChI=1S/C28H29N3O4S3/c1-5-35-27(34)24-21(19-9-7-6-8-10-19)15-36-25(24)30-23(32)16-37-28-29-22(13-20-12-11-18(4)38-20)26(33)31(28)14-17(2)3/h6-13,15,17H,5,14,16H2,1-4H3,(H,30,32). The zero-order chi connectivity index (χ0) is 27.2. The number of nitrogens with zero attached hydrogens (tertiary/aromatic N) is 2. The molecule has 1 N–H and O–H groups in total. The van der Waals surface area contributed by atoms with Crippen LogP contribution in [0.25, 0.3) is 17.2 Å². The quantitative estimate of drug-likeness (QED) is 0.235. The SMILES string of the molecule is CCOC(=O)c1c(-c2ccccc2)csc1NC(=O)CSC1=NC(=Cc2ccc(C)s2)C(=O)N1CC(C)C. The van der Waals surface area contributed by atoms with Crippen LogP contribution in [0.15, 0.2) is 58.5 Å². The molecule has 0 aliphatic carbocycles. The van der Waals surface area contributed by atoms with E-state index in [1.54, 1.807) is 29.2 Å². The highest BCUT2D eigenvalue weighted by Gasteiger charge is 2.32. The highest BCUT2D eigenvalue weighted by molar-refractivity contribution is 8.14. The normalized spacial score (nSPS) is 14.3. The Kier molecular flexibility index (Phi) is 9.19. The number of carbonyl (C=O) groups is 3. The van der Waals surface area contributed by atoms with E-state index in [1.807, 2.05) is 68.6 Å². The number of carbonyl (C=O) groups excluding carboxylic acids is 3. The largest absolute Gasteiger partial charge is 0.462 e. The molecule has 0 saturated heterocycles. The van der Waals surface area contributed by atoms with Gasteiger partial charge in [0.05, 0.1) is 12.4 Å². The van der Waals surface area contributed by atoms with Gasteiger partial charge in [0.1, 0.15) is 16.3 Å². The Labute approximate surface area is 234 Å². The van der Waals surface area contributed by atoms with Crippen LogP contribution in [0.2, 0.25) is 0 Å². The van der Waals surface area contributed by atoms with Gasteiger partial charge in [0.15, 0.2) is 5.17 Å². The van der Waals surface area contributed by atoms with E-state index in [1.165, 1.54) is 23.1 Å². The third kappa shape index (κ3) is 6.61. The molecule has 3 heterocycles. The van der Waals surface area contributed by atoms with E-state index in [2.05, 4.69) is 10.3 Å². The number of benzene rings is 1. The van der Waals surface area contributed by atoms with Crippen molar-refractivity contribution in [3.63, 3.8) is 0 Å². The lowest BCUT2D eigenvalue weighted by Crippen LogP contribution is -2.34. The summed E-state index contributed by atoms with van der Waals surface area (Å²) in [5.41, 5.74) is 2.29. The third-order valence-electron chi connectivity index (χ3n) is 5.44. The van der Waals surface area contributed by atoms with E-state index in [0.717, 1.165) is 15.3 Å². The van der Waals surface area contributed by atoms with Crippen LogP contribution in [0.3, 0.4) is 0 Å². The number of anilines is 1. The van der Waals surface area contributed by atoms with Gasteiger partial charge in [-0.3, -0.25) is 14.5 Å². The third-order valence-corrected chi connectivity index (χ3v) is 8.26. The van der Waals surface area contributed by atoms with Gasteiger partial charge in [-0.2, -0.15) is 0 Å². The number of nitrogens with one attached hydrogen (secondary N) is 1. The highest BCUT2D eigenvalue weighted by atomic mass is 32.2. The van der Waals surface area contributed by atoms with Crippen LogP contribution in [0.5, 0.6) is 0 Å². The van der Waals surface area contributed by atoms with Gasteiger partial charge in [0, 0.05) is 27.2 Å². The van der Waals surface area contributed by atoms with Gasteiger partial charge in [-0.15, -0.1) is 22.7 Å². The number of amidine groups is 1. The van der Waals surface area contributed by atoms with Crippen LogP contribution in [0.4, 0.5) is 5.00 Å². The molecule has 2 amide bonds. The van der Waals surface area contributed by atoms with Crippen LogP contribution >= 0.6 is 34.4 Å². The molecule has 10 heteroatoms. The van der Waals surface area contributed by atoms with E-state index in [9.17, 15) is 14.4 Å². The summed E-state index contributed by atoms with van der Waals surface area (Å²) in [6.45, 7) is 8.56. The van der Waals surface area contributed by atoms with E-state index < -0.39 is 5.97 Å². The van der Waals surface area contributed by atoms with Crippen molar-refractivity contribution >= 4 is 68.5 Å². The highest BCUT2D eigenvalue weighted by Crippen LogP contribution is 2.36. The molecule has 1 aliphatic heterocycles. The summed E-state index contributed by atoms with van der Waals surface area (Å²) in [7, 11) is 0. The molecule has 198 valence electrons. The molecule has 0 radical (unpaired) electrons. The van der Waals surface area contributed by atoms with Crippen molar-refractivity contribution in [2.45, 2.75) is 27.7 Å². The summed E-state index contributed by atoms with van der Waals surface area (Å²) in [4.78, 5) is 47.2. The Hall–Kier alpha value is -3.21. The van der Waals surface area contributed by atoms with Crippen molar-refractivity contribution in [1.29, 1.82) is 0 Å². The van der Waals surface area contributed by atoms with E-state index in [0.29, 0.717) is 33.5 Å². The summed E-state index contributed by atoms with van der Waals surface area (Å²) in [6, 6.07) is 13.5. The molecular formula is C28H29N3O4S3. The molecule has 2 aromatic heterocycles. The average molecular weight is 568 g/mol. The fourth-order valence-corrected chi connectivity index (χ4v) is 6.41. The number of amides is 2. The molecule has 7 nitrogen and oxygen atoms in total. The molecular weight excluding hydrogens is 539 g/mol. The van der Waals surface area contributed by atoms with Crippen molar-refractivity contribution < 1.29 is 19.1 Å². The minimum atomic E-state index is -0.483. The molecule has 0 saturated carbocycles. The second-order valence-corrected chi connectivity index (χ2v) is 12.1. The Morgan fingerprint density at radius 1 is 1.18 bits per heavy atom. The van der Waals surface area contributed by atoms with E-state index in [4.69, 9.17) is 4.74 Å². The number of aliphatic imine (C=N–C) groups is 1. The second-order valence-electron chi connectivity index (χ2n) is 8.96. The number of rotatable bonds is 9. The first-order chi connectivity index (χ1) is 18.3. The summed E-state index contributed by atoms with van der Waals surface area (Å²) >= 11 is 4.08. The van der Waals surface area contributed by atoms with E-state index in [-0.39, 0.29) is 30.1 Å². The Balaban J connectivity index is 1.51. The van der Waals surface area contributed by atoms with Crippen LogP contribution in [0.1, 0.15) is 40.9 Å². The van der Waals surface area contributed by atoms with Crippen molar-refractivity contribution in [1.82, 2.24) is 4.90 Å². The Morgan fingerprint density at radius 3 is 2.61 bits per heavy atom. The zero-order valence-corrected chi connectivity index (χ0v) is 24.1. The topological polar surface area (TPSA) is 88.1 Å². The lowest BCUT2D eigenvalue weighted by Gasteiger charge is -2.19. The molecule has 3 aromatic rings. The number of esters is 1. The number of thiophene rings is 2.